The number of hydrogen-bond donors (Lipinski definition) is 0. The van der Waals surface area contributed by atoms with Crippen molar-refractivity contribution >= 4 is 6.09 Å². The summed E-state index contributed by atoms with van der Waals surface area (Å²) in [6, 6.07) is 12.3. The molecule has 0 aliphatic carbocycles. The molecule has 0 aromatic heterocycles. The second kappa shape index (κ2) is 5.76. The molecule has 4 atom stereocenters. The van der Waals surface area contributed by atoms with Crippen LogP contribution in [0.2, 0.25) is 0 Å². The number of nitrogens with zero attached hydrogens (tertiary/aromatic N) is 2. The predicted octanol–water partition coefficient (Wildman–Crippen LogP) is 3.80. The number of benzene rings is 1. The van der Waals surface area contributed by atoms with Crippen LogP contribution in [0, 0.1) is 0 Å². The number of fused-ring (bicyclic) bond motifs is 6. The quantitative estimate of drug-likeness (QED) is 0.828. The third-order valence-corrected chi connectivity index (χ3v) is 5.78. The van der Waals surface area contributed by atoms with Crippen LogP contribution in [0.15, 0.2) is 30.3 Å². The van der Waals surface area contributed by atoms with Gasteiger partial charge >= 0.3 is 6.09 Å². The predicted molar refractivity (Wildman–Crippen MR) is 93.7 cm³/mol. The topological polar surface area (TPSA) is 32.8 Å². The number of ether oxygens (including phenoxy) is 1. The lowest BCUT2D eigenvalue weighted by Crippen LogP contribution is -2.61. The van der Waals surface area contributed by atoms with Crippen LogP contribution >= 0.6 is 0 Å². The Kier molecular flexibility index (Phi) is 3.83. The van der Waals surface area contributed by atoms with Crippen molar-refractivity contribution in [1.82, 2.24) is 9.80 Å². The van der Waals surface area contributed by atoms with E-state index in [-0.39, 0.29) is 6.09 Å². The Hall–Kier alpha value is -1.55. The van der Waals surface area contributed by atoms with Gasteiger partial charge in [-0.3, -0.25) is 9.80 Å². The SMILES string of the molecule is CC(C)(C)OC(=O)N1C2CCC1C1CCC2N1Cc1ccccc1. The van der Waals surface area contributed by atoms with Gasteiger partial charge in [-0.15, -0.1) is 0 Å². The zero-order valence-electron chi connectivity index (χ0n) is 14.9. The van der Waals surface area contributed by atoms with E-state index in [1.54, 1.807) is 0 Å². The molecule has 24 heavy (non-hydrogen) atoms. The van der Waals surface area contributed by atoms with E-state index in [9.17, 15) is 4.79 Å². The summed E-state index contributed by atoms with van der Waals surface area (Å²) in [5.41, 5.74) is 0.955. The molecule has 3 aliphatic heterocycles. The number of amides is 1. The average Bonchev–Trinajstić information content (AvgIpc) is 3.00. The van der Waals surface area contributed by atoms with Gasteiger partial charge in [-0.2, -0.15) is 0 Å². The van der Waals surface area contributed by atoms with E-state index in [1.807, 2.05) is 20.8 Å². The van der Waals surface area contributed by atoms with Gasteiger partial charge in [-0.05, 0) is 52.0 Å². The first-order chi connectivity index (χ1) is 11.4. The van der Waals surface area contributed by atoms with Crippen LogP contribution in [0.5, 0.6) is 0 Å². The number of piperazine rings is 1. The van der Waals surface area contributed by atoms with E-state index < -0.39 is 5.60 Å². The Morgan fingerprint density at radius 2 is 1.54 bits per heavy atom. The number of hydrogen-bond acceptors (Lipinski definition) is 3. The van der Waals surface area contributed by atoms with E-state index in [0.717, 1.165) is 19.4 Å². The van der Waals surface area contributed by atoms with Gasteiger partial charge in [0.2, 0.25) is 0 Å². The minimum Gasteiger partial charge on any atom is -0.444 e. The highest BCUT2D eigenvalue weighted by molar-refractivity contribution is 5.70. The highest BCUT2D eigenvalue weighted by atomic mass is 16.6. The Labute approximate surface area is 144 Å². The molecule has 4 nitrogen and oxygen atoms in total. The number of carbonyl (C=O) groups is 1. The van der Waals surface area contributed by atoms with Gasteiger partial charge in [-0.25, -0.2) is 4.79 Å². The first-order valence-corrected chi connectivity index (χ1v) is 9.25. The lowest BCUT2D eigenvalue weighted by Gasteiger charge is -2.46. The van der Waals surface area contributed by atoms with Crippen molar-refractivity contribution in [1.29, 1.82) is 0 Å². The Bertz CT molecular complexity index is 590. The van der Waals surface area contributed by atoms with Crippen molar-refractivity contribution in [3.63, 3.8) is 0 Å². The fraction of sp³-hybridized carbons (Fsp3) is 0.650. The molecular weight excluding hydrogens is 300 g/mol. The highest BCUT2D eigenvalue weighted by Gasteiger charge is 2.56. The molecule has 3 heterocycles. The maximum Gasteiger partial charge on any atom is 0.410 e. The summed E-state index contributed by atoms with van der Waals surface area (Å²) in [7, 11) is 0. The van der Waals surface area contributed by atoms with Gasteiger partial charge in [0.1, 0.15) is 5.60 Å². The van der Waals surface area contributed by atoms with E-state index in [2.05, 4.69) is 40.1 Å². The van der Waals surface area contributed by atoms with Crippen LogP contribution < -0.4 is 0 Å². The van der Waals surface area contributed by atoms with Crippen LogP contribution in [0.25, 0.3) is 0 Å². The van der Waals surface area contributed by atoms with Gasteiger partial charge in [0.15, 0.2) is 0 Å². The summed E-state index contributed by atoms with van der Waals surface area (Å²) in [4.78, 5) is 17.5. The van der Waals surface area contributed by atoms with E-state index in [1.165, 1.54) is 18.4 Å². The van der Waals surface area contributed by atoms with E-state index in [0.29, 0.717) is 24.2 Å². The summed E-state index contributed by atoms with van der Waals surface area (Å²) < 4.78 is 5.70. The van der Waals surface area contributed by atoms with Crippen molar-refractivity contribution in [2.45, 2.75) is 82.8 Å². The normalized spacial score (nSPS) is 32.2. The number of carbonyl (C=O) groups excluding carboxylic acids is 1. The molecule has 0 N–H and O–H groups in total. The molecular formula is C20H28N2O2. The first kappa shape index (κ1) is 15.9. The third-order valence-electron chi connectivity index (χ3n) is 5.78. The highest BCUT2D eigenvalue weighted by Crippen LogP contribution is 2.46. The zero-order chi connectivity index (χ0) is 16.9. The molecule has 130 valence electrons. The summed E-state index contributed by atoms with van der Waals surface area (Å²) in [6.07, 6.45) is 4.55. The van der Waals surface area contributed by atoms with E-state index >= 15 is 0 Å². The standard InChI is InChI=1S/C20H28N2O2/c1-20(2,3)24-19(23)22-17-11-12-18(22)16-10-9-15(17)21(16)13-14-7-5-4-6-8-14/h4-8,15-18H,9-13H2,1-3H3. The summed E-state index contributed by atoms with van der Waals surface area (Å²) in [5, 5.41) is 0. The fourth-order valence-electron chi connectivity index (χ4n) is 4.98. The molecule has 4 rings (SSSR count). The first-order valence-electron chi connectivity index (χ1n) is 9.25. The molecule has 1 amide bonds. The molecule has 0 spiro atoms. The van der Waals surface area contributed by atoms with Crippen LogP contribution in [-0.2, 0) is 11.3 Å². The molecule has 1 aromatic carbocycles. The maximum absolute atomic E-state index is 12.7. The average molecular weight is 328 g/mol. The van der Waals surface area contributed by atoms with Crippen LogP contribution in [-0.4, -0.2) is 45.7 Å². The molecule has 0 saturated carbocycles. The van der Waals surface area contributed by atoms with E-state index in [4.69, 9.17) is 4.74 Å². The van der Waals surface area contributed by atoms with Crippen LogP contribution in [0.1, 0.15) is 52.0 Å². The smallest absolute Gasteiger partial charge is 0.410 e. The van der Waals surface area contributed by atoms with Crippen molar-refractivity contribution in [2.75, 3.05) is 0 Å². The molecule has 3 fully saturated rings. The van der Waals surface area contributed by atoms with Gasteiger partial charge < -0.3 is 4.74 Å². The third kappa shape index (κ3) is 2.71. The Balaban J connectivity index is 1.54. The fourth-order valence-corrected chi connectivity index (χ4v) is 4.98. The summed E-state index contributed by atoms with van der Waals surface area (Å²) in [5.74, 6) is 0. The summed E-state index contributed by atoms with van der Waals surface area (Å²) >= 11 is 0. The van der Waals surface area contributed by atoms with Crippen molar-refractivity contribution in [2.24, 2.45) is 0 Å². The monoisotopic (exact) mass is 328 g/mol. The molecule has 3 aliphatic rings. The van der Waals surface area contributed by atoms with Gasteiger partial charge in [0.05, 0.1) is 12.1 Å². The minimum absolute atomic E-state index is 0.105. The zero-order valence-corrected chi connectivity index (χ0v) is 14.9. The number of rotatable bonds is 2. The van der Waals surface area contributed by atoms with Crippen LogP contribution in [0.4, 0.5) is 4.79 Å². The van der Waals surface area contributed by atoms with Crippen molar-refractivity contribution in [3.05, 3.63) is 35.9 Å². The summed E-state index contributed by atoms with van der Waals surface area (Å²) in [6.45, 7) is 6.86. The molecule has 1 aromatic rings. The minimum atomic E-state index is -0.420. The molecule has 4 bridgehead atoms. The second-order valence-electron chi connectivity index (χ2n) is 8.47. The van der Waals surface area contributed by atoms with Gasteiger partial charge in [0, 0.05) is 18.6 Å². The second-order valence-corrected chi connectivity index (χ2v) is 8.47. The van der Waals surface area contributed by atoms with Crippen molar-refractivity contribution < 1.29 is 9.53 Å². The molecule has 0 radical (unpaired) electrons. The Morgan fingerprint density at radius 3 is 2.08 bits per heavy atom. The lowest BCUT2D eigenvalue weighted by atomic mass is 10.0. The van der Waals surface area contributed by atoms with Crippen molar-refractivity contribution in [3.8, 4) is 0 Å². The van der Waals surface area contributed by atoms with Crippen LogP contribution in [0.3, 0.4) is 0 Å². The van der Waals surface area contributed by atoms with Gasteiger partial charge in [-0.1, -0.05) is 30.3 Å². The maximum atomic E-state index is 12.7. The molecule has 4 heteroatoms. The Morgan fingerprint density at radius 1 is 1.00 bits per heavy atom. The van der Waals surface area contributed by atoms with Gasteiger partial charge in [0.25, 0.3) is 0 Å². The lowest BCUT2D eigenvalue weighted by molar-refractivity contribution is -0.0282. The molecule has 3 saturated heterocycles. The largest absolute Gasteiger partial charge is 0.444 e. The molecule has 4 unspecified atom stereocenters.